The Hall–Kier alpha value is -2.18. The van der Waals surface area contributed by atoms with E-state index in [4.69, 9.17) is 11.6 Å². The highest BCUT2D eigenvalue weighted by molar-refractivity contribution is 6.30. The lowest BCUT2D eigenvalue weighted by Crippen LogP contribution is -2.47. The van der Waals surface area contributed by atoms with Gasteiger partial charge in [0, 0.05) is 43.8 Å². The Morgan fingerprint density at radius 2 is 1.88 bits per heavy atom. The first-order chi connectivity index (χ1) is 12.1. The van der Waals surface area contributed by atoms with Crippen molar-refractivity contribution in [1.82, 2.24) is 19.8 Å². The van der Waals surface area contributed by atoms with Gasteiger partial charge in [-0.05, 0) is 31.2 Å². The van der Waals surface area contributed by atoms with Gasteiger partial charge in [-0.2, -0.15) is 0 Å². The second-order valence-corrected chi connectivity index (χ2v) is 6.62. The smallest absolute Gasteiger partial charge is 0.272 e. The van der Waals surface area contributed by atoms with E-state index in [9.17, 15) is 4.79 Å². The van der Waals surface area contributed by atoms with Crippen LogP contribution in [-0.4, -0.2) is 65.4 Å². The first-order valence-corrected chi connectivity index (χ1v) is 8.78. The van der Waals surface area contributed by atoms with Crippen LogP contribution in [0.3, 0.4) is 0 Å². The first kappa shape index (κ1) is 17.6. The lowest BCUT2D eigenvalue weighted by Gasteiger charge is -2.32. The maximum Gasteiger partial charge on any atom is 0.272 e. The minimum Gasteiger partial charge on any atom is -0.370 e. The van der Waals surface area contributed by atoms with Crippen LogP contribution in [-0.2, 0) is 6.42 Å². The van der Waals surface area contributed by atoms with Gasteiger partial charge in [0.15, 0.2) is 0 Å². The number of carbonyl (C=O) groups excluding carboxylic acids is 1. The summed E-state index contributed by atoms with van der Waals surface area (Å²) in [7, 11) is 2.06. The summed E-state index contributed by atoms with van der Waals surface area (Å²) in [5, 5.41) is 3.99. The number of anilines is 1. The molecule has 132 valence electrons. The van der Waals surface area contributed by atoms with E-state index in [1.54, 1.807) is 6.07 Å². The van der Waals surface area contributed by atoms with E-state index in [0.717, 1.165) is 44.2 Å². The zero-order valence-electron chi connectivity index (χ0n) is 14.3. The Bertz CT molecular complexity index is 714. The summed E-state index contributed by atoms with van der Waals surface area (Å²) in [6.45, 7) is 3.98. The molecule has 1 fully saturated rings. The number of piperazine rings is 1. The molecule has 2 aromatic rings. The molecule has 0 radical (unpaired) electrons. The van der Waals surface area contributed by atoms with Crippen LogP contribution in [0.25, 0.3) is 0 Å². The predicted octanol–water partition coefficient (Wildman–Crippen LogP) is 2.17. The van der Waals surface area contributed by atoms with Crippen LogP contribution < -0.4 is 5.32 Å². The number of amides is 1. The van der Waals surface area contributed by atoms with E-state index in [2.05, 4.69) is 27.2 Å². The number of likely N-dealkylation sites (N-methyl/N-ethyl adjacent to an activating group) is 1. The van der Waals surface area contributed by atoms with Crippen molar-refractivity contribution in [3.8, 4) is 0 Å². The van der Waals surface area contributed by atoms with Crippen LogP contribution in [0.15, 0.2) is 36.7 Å². The third-order valence-electron chi connectivity index (χ3n) is 4.31. The molecule has 3 rings (SSSR count). The Kier molecular flexibility index (Phi) is 5.83. The van der Waals surface area contributed by atoms with Gasteiger partial charge in [0.05, 0.1) is 0 Å². The van der Waals surface area contributed by atoms with Crippen LogP contribution in [0.1, 0.15) is 16.1 Å². The molecule has 0 unspecified atom stereocenters. The van der Waals surface area contributed by atoms with Crippen molar-refractivity contribution in [1.29, 1.82) is 0 Å². The molecule has 7 heteroatoms. The number of benzene rings is 1. The van der Waals surface area contributed by atoms with E-state index >= 15 is 0 Å². The molecule has 2 heterocycles. The van der Waals surface area contributed by atoms with Crippen molar-refractivity contribution in [2.24, 2.45) is 0 Å². The van der Waals surface area contributed by atoms with Crippen molar-refractivity contribution >= 4 is 23.3 Å². The summed E-state index contributed by atoms with van der Waals surface area (Å²) in [5.41, 5.74) is 1.63. The monoisotopic (exact) mass is 359 g/mol. The summed E-state index contributed by atoms with van der Waals surface area (Å²) in [5.74, 6) is 0.637. The number of hydrogen-bond donors (Lipinski definition) is 1. The number of carbonyl (C=O) groups is 1. The fourth-order valence-corrected chi connectivity index (χ4v) is 2.85. The quantitative estimate of drug-likeness (QED) is 0.886. The molecule has 1 aromatic heterocycles. The molecular formula is C18H22ClN5O. The molecule has 1 N–H and O–H groups in total. The number of halogens is 1. The van der Waals surface area contributed by atoms with Gasteiger partial charge >= 0.3 is 0 Å². The number of aromatic nitrogens is 2. The molecule has 0 spiro atoms. The molecular weight excluding hydrogens is 338 g/mol. The molecule has 1 aromatic carbocycles. The molecule has 1 amide bonds. The summed E-state index contributed by atoms with van der Waals surface area (Å²) in [6, 6.07) is 9.50. The van der Waals surface area contributed by atoms with Gasteiger partial charge in [-0.3, -0.25) is 4.79 Å². The lowest BCUT2D eigenvalue weighted by molar-refractivity contribution is 0.0658. The van der Waals surface area contributed by atoms with Gasteiger partial charge in [0.2, 0.25) is 0 Å². The molecule has 0 saturated carbocycles. The summed E-state index contributed by atoms with van der Waals surface area (Å²) < 4.78 is 0. The van der Waals surface area contributed by atoms with Crippen LogP contribution in [0.2, 0.25) is 5.02 Å². The lowest BCUT2D eigenvalue weighted by atomic mass is 10.1. The van der Waals surface area contributed by atoms with Crippen molar-refractivity contribution in [3.05, 3.63) is 52.9 Å². The number of hydrogen-bond acceptors (Lipinski definition) is 5. The molecule has 1 aliphatic rings. The number of nitrogens with one attached hydrogen (secondary N) is 1. The molecule has 0 bridgehead atoms. The van der Waals surface area contributed by atoms with Gasteiger partial charge in [0.25, 0.3) is 5.91 Å². The first-order valence-electron chi connectivity index (χ1n) is 8.40. The second-order valence-electron chi connectivity index (χ2n) is 6.19. The highest BCUT2D eigenvalue weighted by Gasteiger charge is 2.21. The third kappa shape index (κ3) is 4.90. The van der Waals surface area contributed by atoms with E-state index in [-0.39, 0.29) is 5.91 Å². The fourth-order valence-electron chi connectivity index (χ4n) is 2.73. The molecule has 6 nitrogen and oxygen atoms in total. The maximum atomic E-state index is 12.6. The Labute approximate surface area is 152 Å². The largest absolute Gasteiger partial charge is 0.370 e. The van der Waals surface area contributed by atoms with Crippen molar-refractivity contribution in [2.75, 3.05) is 45.1 Å². The van der Waals surface area contributed by atoms with E-state index in [0.29, 0.717) is 11.5 Å². The SMILES string of the molecule is CN1CCN(C(=O)c2cc(NCCc3ccc(Cl)cc3)ncn2)CC1. The fraction of sp³-hybridized carbons (Fsp3) is 0.389. The van der Waals surface area contributed by atoms with Crippen LogP contribution in [0.5, 0.6) is 0 Å². The van der Waals surface area contributed by atoms with Crippen LogP contribution in [0, 0.1) is 0 Å². The van der Waals surface area contributed by atoms with Gasteiger partial charge in [0.1, 0.15) is 17.8 Å². The minimum atomic E-state index is -0.0312. The van der Waals surface area contributed by atoms with Crippen LogP contribution >= 0.6 is 11.6 Å². The van der Waals surface area contributed by atoms with Gasteiger partial charge in [-0.1, -0.05) is 23.7 Å². The molecule has 25 heavy (non-hydrogen) atoms. The zero-order chi connectivity index (χ0) is 17.6. The van der Waals surface area contributed by atoms with E-state index < -0.39 is 0 Å². The van der Waals surface area contributed by atoms with Crippen molar-refractivity contribution in [2.45, 2.75) is 6.42 Å². The third-order valence-corrected chi connectivity index (χ3v) is 4.56. The highest BCUT2D eigenvalue weighted by Crippen LogP contribution is 2.12. The van der Waals surface area contributed by atoms with E-state index in [1.807, 2.05) is 29.2 Å². The average molecular weight is 360 g/mol. The standard InChI is InChI=1S/C18H22ClN5O/c1-23-8-10-24(11-9-23)18(25)16-12-17(22-13-21-16)20-7-6-14-2-4-15(19)5-3-14/h2-5,12-13H,6-11H2,1H3,(H,20,21,22). The highest BCUT2D eigenvalue weighted by atomic mass is 35.5. The normalized spacial score (nSPS) is 15.2. The topological polar surface area (TPSA) is 61.4 Å². The van der Waals surface area contributed by atoms with Gasteiger partial charge < -0.3 is 15.1 Å². The van der Waals surface area contributed by atoms with E-state index in [1.165, 1.54) is 11.9 Å². The van der Waals surface area contributed by atoms with Gasteiger partial charge in [-0.25, -0.2) is 9.97 Å². The van der Waals surface area contributed by atoms with Gasteiger partial charge in [-0.15, -0.1) is 0 Å². The van der Waals surface area contributed by atoms with Crippen molar-refractivity contribution < 1.29 is 4.79 Å². The summed E-state index contributed by atoms with van der Waals surface area (Å²) >= 11 is 5.89. The average Bonchev–Trinajstić information content (AvgIpc) is 2.64. The van der Waals surface area contributed by atoms with Crippen molar-refractivity contribution in [3.63, 3.8) is 0 Å². The minimum absolute atomic E-state index is 0.0312. The Balaban J connectivity index is 1.55. The van der Waals surface area contributed by atoms with Crippen LogP contribution in [0.4, 0.5) is 5.82 Å². The predicted molar refractivity (Wildman–Crippen MR) is 99.1 cm³/mol. The summed E-state index contributed by atoms with van der Waals surface area (Å²) in [6.07, 6.45) is 2.29. The molecule has 1 aliphatic heterocycles. The molecule has 0 aliphatic carbocycles. The Morgan fingerprint density at radius 3 is 2.60 bits per heavy atom. The molecule has 1 saturated heterocycles. The summed E-state index contributed by atoms with van der Waals surface area (Å²) in [4.78, 5) is 25.0. The Morgan fingerprint density at radius 1 is 1.16 bits per heavy atom. The number of nitrogens with zero attached hydrogens (tertiary/aromatic N) is 4. The zero-order valence-corrected chi connectivity index (χ0v) is 15.0. The maximum absolute atomic E-state index is 12.6. The second kappa shape index (κ2) is 8.27. The molecule has 0 atom stereocenters. The number of rotatable bonds is 5.